The lowest BCUT2D eigenvalue weighted by Gasteiger charge is -2.14. The van der Waals surface area contributed by atoms with E-state index in [1.165, 1.54) is 0 Å². The highest BCUT2D eigenvalue weighted by Crippen LogP contribution is 2.27. The van der Waals surface area contributed by atoms with E-state index in [-0.39, 0.29) is 17.8 Å². The van der Waals surface area contributed by atoms with Gasteiger partial charge in [0.05, 0.1) is 17.9 Å². The monoisotopic (exact) mass is 503 g/mol. The van der Waals surface area contributed by atoms with Gasteiger partial charge in [-0.1, -0.05) is 13.8 Å². The van der Waals surface area contributed by atoms with Crippen LogP contribution in [0.5, 0.6) is 0 Å². The zero-order valence-electron chi connectivity index (χ0n) is 21.8. The molecule has 0 aliphatic carbocycles. The van der Waals surface area contributed by atoms with Crippen molar-refractivity contribution in [2.75, 3.05) is 25.5 Å². The molecule has 0 bridgehead atoms. The molecule has 1 aromatic carbocycles. The first-order valence-corrected chi connectivity index (χ1v) is 12.5. The molecule has 4 heterocycles. The molecule has 2 N–H and O–H groups in total. The van der Waals surface area contributed by atoms with Gasteiger partial charge in [-0.15, -0.1) is 0 Å². The van der Waals surface area contributed by atoms with Gasteiger partial charge in [-0.3, -0.25) is 9.69 Å². The Kier molecular flexibility index (Phi) is 6.80. The maximum atomic E-state index is 12.7. The van der Waals surface area contributed by atoms with Crippen LogP contribution >= 0.6 is 0 Å². The number of Topliss-reactive ketones (excluding diaryl/α,β-unsaturated/α-hetero) is 1. The van der Waals surface area contributed by atoms with E-state index in [4.69, 9.17) is 4.74 Å². The number of carbonyl (C=O) groups is 1. The summed E-state index contributed by atoms with van der Waals surface area (Å²) in [6.07, 6.45) is 4.90. The quantitative estimate of drug-likeness (QED) is 0.353. The minimum atomic E-state index is -0.481. The maximum Gasteiger partial charge on any atom is 0.229 e. The number of rotatable bonds is 8. The van der Waals surface area contributed by atoms with E-state index in [0.717, 1.165) is 27.8 Å². The number of benzene rings is 1. The molecule has 1 fully saturated rings. The molecule has 0 spiro atoms. The molecule has 0 saturated carbocycles. The highest BCUT2D eigenvalue weighted by molar-refractivity contribution is 6.09. The number of fused-ring (bicyclic) bond motifs is 1. The fourth-order valence-electron chi connectivity index (χ4n) is 4.85. The van der Waals surface area contributed by atoms with Gasteiger partial charge in [0.25, 0.3) is 0 Å². The van der Waals surface area contributed by atoms with Crippen LogP contribution in [0.4, 0.5) is 11.6 Å². The molecule has 194 valence electrons. The van der Waals surface area contributed by atoms with Gasteiger partial charge < -0.3 is 19.7 Å². The van der Waals surface area contributed by atoms with E-state index in [2.05, 4.69) is 25.3 Å². The van der Waals surface area contributed by atoms with Gasteiger partial charge >= 0.3 is 0 Å². The van der Waals surface area contributed by atoms with Crippen LogP contribution in [0, 0.1) is 12.8 Å². The fourth-order valence-corrected chi connectivity index (χ4v) is 4.85. The summed E-state index contributed by atoms with van der Waals surface area (Å²) in [6.45, 7) is 7.72. The van der Waals surface area contributed by atoms with Gasteiger partial charge in [0, 0.05) is 92.1 Å². The number of ketones is 1. The van der Waals surface area contributed by atoms with Crippen molar-refractivity contribution in [3.8, 4) is 5.82 Å². The summed E-state index contributed by atoms with van der Waals surface area (Å²) in [5, 5.41) is 19.0. The van der Waals surface area contributed by atoms with Gasteiger partial charge in [-0.25, -0.2) is 9.67 Å². The van der Waals surface area contributed by atoms with E-state index in [0.29, 0.717) is 37.0 Å². The molecule has 10 nitrogen and oxygen atoms in total. The number of aliphatic hydroxyl groups is 1. The van der Waals surface area contributed by atoms with Crippen LogP contribution in [-0.4, -0.2) is 72.5 Å². The van der Waals surface area contributed by atoms with Crippen LogP contribution < -0.4 is 5.32 Å². The third kappa shape index (κ3) is 5.00. The minimum Gasteiger partial charge on any atom is -0.389 e. The molecular weight excluding hydrogens is 470 g/mol. The van der Waals surface area contributed by atoms with Gasteiger partial charge in [0.15, 0.2) is 11.6 Å². The second kappa shape index (κ2) is 10.0. The Balaban J connectivity index is 1.36. The number of ether oxygens (including phenoxy) is 1. The van der Waals surface area contributed by atoms with Crippen molar-refractivity contribution in [2.45, 2.75) is 39.5 Å². The summed E-state index contributed by atoms with van der Waals surface area (Å²) < 4.78 is 9.08. The van der Waals surface area contributed by atoms with Crippen LogP contribution in [0.2, 0.25) is 0 Å². The van der Waals surface area contributed by atoms with Crippen molar-refractivity contribution in [1.29, 1.82) is 0 Å². The Bertz CT molecular complexity index is 1440. The average molecular weight is 504 g/mol. The molecule has 2 unspecified atom stereocenters. The van der Waals surface area contributed by atoms with Gasteiger partial charge in [0.1, 0.15) is 0 Å². The number of carbonyl (C=O) groups excluding carboxylic acids is 1. The van der Waals surface area contributed by atoms with E-state index in [1.54, 1.807) is 18.0 Å². The lowest BCUT2D eigenvalue weighted by Crippen LogP contribution is -2.25. The predicted octanol–water partition coefficient (Wildman–Crippen LogP) is 3.24. The molecule has 37 heavy (non-hydrogen) atoms. The summed E-state index contributed by atoms with van der Waals surface area (Å²) in [5.41, 5.74) is 4.47. The van der Waals surface area contributed by atoms with Gasteiger partial charge in [-0.2, -0.15) is 10.1 Å². The number of hydrogen-bond acceptors (Lipinski definition) is 8. The number of aromatic nitrogens is 5. The van der Waals surface area contributed by atoms with E-state index >= 15 is 0 Å². The predicted molar refractivity (Wildman–Crippen MR) is 141 cm³/mol. The largest absolute Gasteiger partial charge is 0.389 e. The van der Waals surface area contributed by atoms with Crippen molar-refractivity contribution < 1.29 is 14.6 Å². The fraction of sp³-hybridized carbons (Fsp3) is 0.407. The topological polar surface area (TPSA) is 110 Å². The number of nitrogens with one attached hydrogen (secondary N) is 1. The number of methoxy groups -OCH3 is 1. The zero-order chi connectivity index (χ0) is 26.3. The number of likely N-dealkylation sites (tertiary alicyclic amines) is 1. The molecule has 1 aliphatic heterocycles. The molecule has 4 aromatic rings. The number of hydrogen-bond donors (Lipinski definition) is 2. The Morgan fingerprint density at radius 1 is 1.24 bits per heavy atom. The smallest absolute Gasteiger partial charge is 0.229 e. The van der Waals surface area contributed by atoms with Gasteiger partial charge in [-0.05, 0) is 25.1 Å². The standard InChI is InChI=1S/C27H33N7O3/c1-16(2)26(36)21-13-32(4)22-7-6-19(10-20(21)22)29-27-28-9-8-25(30-27)34-12-18(17(3)31-34)11-33-14-23(35)24(15-33)37-5/h6-10,12-13,16,23-24,35H,11,14-15H2,1-5H3,(H,28,29,30). The third-order valence-electron chi connectivity index (χ3n) is 6.92. The van der Waals surface area contributed by atoms with Crippen molar-refractivity contribution in [1.82, 2.24) is 29.2 Å². The van der Waals surface area contributed by atoms with Crippen molar-refractivity contribution in [3.63, 3.8) is 0 Å². The van der Waals surface area contributed by atoms with Crippen LogP contribution in [0.3, 0.4) is 0 Å². The third-order valence-corrected chi connectivity index (χ3v) is 6.92. The molecule has 1 aliphatic rings. The molecule has 5 rings (SSSR count). The molecule has 1 saturated heterocycles. The highest BCUT2D eigenvalue weighted by atomic mass is 16.5. The Morgan fingerprint density at radius 3 is 2.78 bits per heavy atom. The summed E-state index contributed by atoms with van der Waals surface area (Å²) in [5.74, 6) is 1.11. The summed E-state index contributed by atoms with van der Waals surface area (Å²) >= 11 is 0. The summed E-state index contributed by atoms with van der Waals surface area (Å²) in [4.78, 5) is 24.0. The second-order valence-electron chi connectivity index (χ2n) is 9.99. The lowest BCUT2D eigenvalue weighted by molar-refractivity contribution is 0.0215. The van der Waals surface area contributed by atoms with Crippen LogP contribution in [0.1, 0.15) is 35.5 Å². The minimum absolute atomic E-state index is 0.0819. The number of aliphatic hydroxyl groups excluding tert-OH is 1. The summed E-state index contributed by atoms with van der Waals surface area (Å²) in [7, 11) is 3.57. The van der Waals surface area contributed by atoms with Crippen LogP contribution in [0.15, 0.2) is 42.9 Å². The normalized spacial score (nSPS) is 18.2. The SMILES string of the molecule is COC1CN(Cc2cn(-c3ccnc(Nc4ccc5c(c4)c(C(=O)C(C)C)cn5C)n3)nc2C)CC1O. The van der Waals surface area contributed by atoms with Crippen LogP contribution in [-0.2, 0) is 18.3 Å². The molecule has 0 amide bonds. The molecule has 2 atom stereocenters. The number of nitrogens with zero attached hydrogens (tertiary/aromatic N) is 6. The molecular formula is C27H33N7O3. The Hall–Kier alpha value is -3.60. The van der Waals surface area contributed by atoms with Gasteiger partial charge in [0.2, 0.25) is 5.95 Å². The number of β-amino-alcohol motifs (C(OH)–C–C–N with tert-alkyl or cyclic N) is 1. The average Bonchev–Trinajstić information content (AvgIpc) is 3.53. The molecule has 0 radical (unpaired) electrons. The van der Waals surface area contributed by atoms with Crippen molar-refractivity contribution >= 4 is 28.3 Å². The number of aryl methyl sites for hydroxylation is 2. The molecule has 3 aromatic heterocycles. The maximum absolute atomic E-state index is 12.7. The number of anilines is 2. The zero-order valence-corrected chi connectivity index (χ0v) is 21.8. The van der Waals surface area contributed by atoms with E-state index in [1.807, 2.05) is 69.0 Å². The molecule has 10 heteroatoms. The first-order chi connectivity index (χ1) is 17.7. The van der Waals surface area contributed by atoms with Crippen molar-refractivity contribution in [2.24, 2.45) is 13.0 Å². The second-order valence-corrected chi connectivity index (χ2v) is 9.99. The van der Waals surface area contributed by atoms with E-state index < -0.39 is 6.10 Å². The highest BCUT2D eigenvalue weighted by Gasteiger charge is 2.31. The Labute approximate surface area is 215 Å². The van der Waals surface area contributed by atoms with Crippen molar-refractivity contribution in [3.05, 3.63) is 59.7 Å². The lowest BCUT2D eigenvalue weighted by atomic mass is 10.0. The van der Waals surface area contributed by atoms with Crippen LogP contribution in [0.25, 0.3) is 16.7 Å². The first kappa shape index (κ1) is 25.1. The first-order valence-electron chi connectivity index (χ1n) is 12.5. The Morgan fingerprint density at radius 2 is 2.05 bits per heavy atom. The summed E-state index contributed by atoms with van der Waals surface area (Å²) in [6, 6.07) is 7.72. The van der Waals surface area contributed by atoms with E-state index in [9.17, 15) is 9.90 Å².